The van der Waals surface area contributed by atoms with Gasteiger partial charge in [-0.05, 0) is 12.6 Å². The van der Waals surface area contributed by atoms with Crippen molar-refractivity contribution < 1.29 is 4.74 Å². The van der Waals surface area contributed by atoms with Gasteiger partial charge in [0.1, 0.15) is 0 Å². The Bertz CT molecular complexity index is 357. The fourth-order valence-corrected chi connectivity index (χ4v) is 2.85. The van der Waals surface area contributed by atoms with Crippen LogP contribution in [-0.2, 0) is 11.3 Å². The molecule has 20 heavy (non-hydrogen) atoms. The standard InChI is InChI=1S/C16H27N3O/c1-17-12-16(14-20-2)19-10-8-18(9-11-19)13-15-6-4-3-5-7-15/h3-7,16-17H,8-14H2,1-2H3. The lowest BCUT2D eigenvalue weighted by molar-refractivity contribution is 0.0481. The first-order valence-electron chi connectivity index (χ1n) is 7.47. The highest BCUT2D eigenvalue weighted by atomic mass is 16.5. The molecule has 1 saturated heterocycles. The minimum atomic E-state index is 0.490. The second-order valence-electron chi connectivity index (χ2n) is 5.46. The summed E-state index contributed by atoms with van der Waals surface area (Å²) in [6, 6.07) is 11.2. The van der Waals surface area contributed by atoms with Crippen molar-refractivity contribution in [1.82, 2.24) is 15.1 Å². The van der Waals surface area contributed by atoms with Gasteiger partial charge < -0.3 is 10.1 Å². The zero-order chi connectivity index (χ0) is 14.2. The quantitative estimate of drug-likeness (QED) is 0.806. The zero-order valence-electron chi connectivity index (χ0n) is 12.7. The summed E-state index contributed by atoms with van der Waals surface area (Å²) in [4.78, 5) is 5.08. The molecular formula is C16H27N3O. The van der Waals surface area contributed by atoms with Crippen LogP contribution in [0.15, 0.2) is 30.3 Å². The fraction of sp³-hybridized carbons (Fsp3) is 0.625. The Morgan fingerprint density at radius 1 is 1.15 bits per heavy atom. The van der Waals surface area contributed by atoms with Crippen LogP contribution < -0.4 is 5.32 Å². The second-order valence-corrected chi connectivity index (χ2v) is 5.46. The molecule has 0 aliphatic carbocycles. The van der Waals surface area contributed by atoms with Crippen molar-refractivity contribution >= 4 is 0 Å². The number of likely N-dealkylation sites (N-methyl/N-ethyl adjacent to an activating group) is 1. The summed E-state index contributed by atoms with van der Waals surface area (Å²) in [6.07, 6.45) is 0. The Labute approximate surface area is 122 Å². The number of piperazine rings is 1. The maximum atomic E-state index is 5.34. The molecule has 1 atom stereocenters. The molecule has 1 heterocycles. The highest BCUT2D eigenvalue weighted by molar-refractivity contribution is 5.14. The van der Waals surface area contributed by atoms with E-state index in [0.29, 0.717) is 6.04 Å². The van der Waals surface area contributed by atoms with E-state index in [1.165, 1.54) is 5.56 Å². The predicted octanol–water partition coefficient (Wildman–Crippen LogP) is 1.04. The molecule has 1 aliphatic rings. The lowest BCUT2D eigenvalue weighted by atomic mass is 10.1. The Kier molecular flexibility index (Phi) is 6.47. The van der Waals surface area contributed by atoms with Crippen LogP contribution in [0.25, 0.3) is 0 Å². The molecule has 112 valence electrons. The molecule has 0 aromatic heterocycles. The number of benzene rings is 1. The molecule has 1 aromatic carbocycles. The summed E-state index contributed by atoms with van der Waals surface area (Å²) < 4.78 is 5.34. The van der Waals surface area contributed by atoms with Crippen LogP contribution in [0.4, 0.5) is 0 Å². The van der Waals surface area contributed by atoms with E-state index in [-0.39, 0.29) is 0 Å². The number of methoxy groups -OCH3 is 1. The number of ether oxygens (including phenoxy) is 1. The molecule has 1 fully saturated rings. The van der Waals surface area contributed by atoms with Crippen LogP contribution in [0.1, 0.15) is 5.56 Å². The van der Waals surface area contributed by atoms with E-state index in [9.17, 15) is 0 Å². The molecule has 4 nitrogen and oxygen atoms in total. The Hall–Kier alpha value is -0.940. The van der Waals surface area contributed by atoms with E-state index in [2.05, 4.69) is 45.4 Å². The molecule has 2 rings (SSSR count). The van der Waals surface area contributed by atoms with E-state index in [0.717, 1.165) is 45.9 Å². The van der Waals surface area contributed by atoms with E-state index < -0.39 is 0 Å². The maximum absolute atomic E-state index is 5.34. The normalized spacial score (nSPS) is 19.1. The van der Waals surface area contributed by atoms with Crippen molar-refractivity contribution in [1.29, 1.82) is 0 Å². The zero-order valence-corrected chi connectivity index (χ0v) is 12.7. The van der Waals surface area contributed by atoms with E-state index in [4.69, 9.17) is 4.74 Å². The first-order valence-corrected chi connectivity index (χ1v) is 7.47. The van der Waals surface area contributed by atoms with Gasteiger partial charge in [-0.3, -0.25) is 9.80 Å². The summed E-state index contributed by atoms with van der Waals surface area (Å²) in [5.41, 5.74) is 1.41. The van der Waals surface area contributed by atoms with Crippen LogP contribution in [0, 0.1) is 0 Å². The monoisotopic (exact) mass is 277 g/mol. The number of nitrogens with one attached hydrogen (secondary N) is 1. The molecule has 0 spiro atoms. The smallest absolute Gasteiger partial charge is 0.0630 e. The Balaban J connectivity index is 1.79. The van der Waals surface area contributed by atoms with Crippen LogP contribution in [0.3, 0.4) is 0 Å². The van der Waals surface area contributed by atoms with Crippen molar-refractivity contribution in [3.63, 3.8) is 0 Å². The number of nitrogens with zero attached hydrogens (tertiary/aromatic N) is 2. The summed E-state index contributed by atoms with van der Waals surface area (Å²) in [5, 5.41) is 3.27. The third kappa shape index (κ3) is 4.56. The third-order valence-corrected chi connectivity index (χ3v) is 3.97. The summed E-state index contributed by atoms with van der Waals surface area (Å²) in [5.74, 6) is 0. The summed E-state index contributed by atoms with van der Waals surface area (Å²) in [7, 11) is 3.79. The van der Waals surface area contributed by atoms with Gasteiger partial charge in [-0.25, -0.2) is 0 Å². The molecule has 0 saturated carbocycles. The first-order chi connectivity index (χ1) is 9.83. The number of hydrogen-bond donors (Lipinski definition) is 1. The summed E-state index contributed by atoms with van der Waals surface area (Å²) in [6.45, 7) is 7.39. The third-order valence-electron chi connectivity index (χ3n) is 3.97. The minimum Gasteiger partial charge on any atom is -0.383 e. The van der Waals surface area contributed by atoms with Crippen molar-refractivity contribution in [2.24, 2.45) is 0 Å². The summed E-state index contributed by atoms with van der Waals surface area (Å²) >= 11 is 0. The van der Waals surface area contributed by atoms with E-state index in [1.54, 1.807) is 7.11 Å². The highest BCUT2D eigenvalue weighted by Crippen LogP contribution is 2.10. The molecule has 1 aliphatic heterocycles. The van der Waals surface area contributed by atoms with Gasteiger partial charge in [-0.2, -0.15) is 0 Å². The molecule has 0 bridgehead atoms. The molecule has 1 unspecified atom stereocenters. The van der Waals surface area contributed by atoms with Crippen LogP contribution in [0.2, 0.25) is 0 Å². The van der Waals surface area contributed by atoms with Gasteiger partial charge in [0.15, 0.2) is 0 Å². The first kappa shape index (κ1) is 15.4. The Morgan fingerprint density at radius 3 is 2.45 bits per heavy atom. The predicted molar refractivity (Wildman–Crippen MR) is 82.9 cm³/mol. The van der Waals surface area contributed by atoms with E-state index in [1.807, 2.05) is 7.05 Å². The fourth-order valence-electron chi connectivity index (χ4n) is 2.85. The molecule has 0 amide bonds. The van der Waals surface area contributed by atoms with Crippen LogP contribution in [0.5, 0.6) is 0 Å². The maximum Gasteiger partial charge on any atom is 0.0630 e. The molecule has 4 heteroatoms. The van der Waals surface area contributed by atoms with Gasteiger partial charge in [0, 0.05) is 52.4 Å². The SMILES string of the molecule is CNCC(COC)N1CCN(Cc2ccccc2)CC1. The number of hydrogen-bond acceptors (Lipinski definition) is 4. The van der Waals surface area contributed by atoms with Gasteiger partial charge in [0.25, 0.3) is 0 Å². The van der Waals surface area contributed by atoms with Crippen molar-refractivity contribution in [2.75, 3.05) is 53.5 Å². The topological polar surface area (TPSA) is 27.7 Å². The van der Waals surface area contributed by atoms with Crippen molar-refractivity contribution in [2.45, 2.75) is 12.6 Å². The molecule has 1 N–H and O–H groups in total. The van der Waals surface area contributed by atoms with E-state index >= 15 is 0 Å². The lowest BCUT2D eigenvalue weighted by Gasteiger charge is -2.39. The average molecular weight is 277 g/mol. The average Bonchev–Trinajstić information content (AvgIpc) is 2.49. The lowest BCUT2D eigenvalue weighted by Crippen LogP contribution is -2.53. The van der Waals surface area contributed by atoms with Crippen molar-refractivity contribution in [3.8, 4) is 0 Å². The van der Waals surface area contributed by atoms with Crippen LogP contribution in [-0.4, -0.2) is 69.3 Å². The molecule has 0 radical (unpaired) electrons. The van der Waals surface area contributed by atoms with Gasteiger partial charge >= 0.3 is 0 Å². The Morgan fingerprint density at radius 2 is 1.85 bits per heavy atom. The van der Waals surface area contributed by atoms with Gasteiger partial charge in [0.2, 0.25) is 0 Å². The highest BCUT2D eigenvalue weighted by Gasteiger charge is 2.23. The minimum absolute atomic E-state index is 0.490. The molecule has 1 aromatic rings. The van der Waals surface area contributed by atoms with Gasteiger partial charge in [-0.1, -0.05) is 30.3 Å². The van der Waals surface area contributed by atoms with Crippen LogP contribution >= 0.6 is 0 Å². The van der Waals surface area contributed by atoms with Gasteiger partial charge in [0.05, 0.1) is 6.61 Å². The second kappa shape index (κ2) is 8.37. The van der Waals surface area contributed by atoms with Crippen molar-refractivity contribution in [3.05, 3.63) is 35.9 Å². The molecular weight excluding hydrogens is 250 g/mol. The number of rotatable bonds is 7. The largest absolute Gasteiger partial charge is 0.383 e. The van der Waals surface area contributed by atoms with Gasteiger partial charge in [-0.15, -0.1) is 0 Å².